The van der Waals surface area contributed by atoms with Gasteiger partial charge in [0.15, 0.2) is 5.78 Å². The number of nitrogens with zero attached hydrogens (tertiary/aromatic N) is 3. The molecule has 0 saturated carbocycles. The minimum atomic E-state index is -1.69. The summed E-state index contributed by atoms with van der Waals surface area (Å²) in [5, 5.41) is 21.4. The smallest absolute Gasteiger partial charge is 0.232 e. The van der Waals surface area contributed by atoms with E-state index < -0.39 is 5.72 Å². The second-order valence-corrected chi connectivity index (χ2v) is 7.19. The number of benzene rings is 3. The summed E-state index contributed by atoms with van der Waals surface area (Å²) < 4.78 is 0.908. The zero-order valence-electron chi connectivity index (χ0n) is 14.7. The highest BCUT2D eigenvalue weighted by molar-refractivity contribution is 9.10. The van der Waals surface area contributed by atoms with Crippen LogP contribution in [0.1, 0.15) is 15.9 Å². The van der Waals surface area contributed by atoms with Crippen LogP contribution in [0.3, 0.4) is 0 Å². The van der Waals surface area contributed by atoms with Crippen LogP contribution >= 0.6 is 15.9 Å². The SMILES string of the molecule is O=C(/C=C1\N=NN(c2ccc(Br)cc2)C1(O)c1ccccc1)c1ccccc1. The number of halogens is 1. The van der Waals surface area contributed by atoms with Gasteiger partial charge in [-0.15, -0.1) is 5.11 Å². The van der Waals surface area contributed by atoms with Crippen LogP contribution in [0.25, 0.3) is 0 Å². The summed E-state index contributed by atoms with van der Waals surface area (Å²) in [5.74, 6) is -0.249. The van der Waals surface area contributed by atoms with Crippen molar-refractivity contribution in [3.63, 3.8) is 0 Å². The van der Waals surface area contributed by atoms with E-state index in [0.29, 0.717) is 16.8 Å². The molecule has 0 fully saturated rings. The van der Waals surface area contributed by atoms with Gasteiger partial charge in [0, 0.05) is 21.7 Å². The fraction of sp³-hybridized carbons (Fsp3) is 0.0455. The van der Waals surface area contributed by atoms with Gasteiger partial charge in [0.25, 0.3) is 0 Å². The average Bonchev–Trinajstić information content (AvgIpc) is 3.07. The molecule has 0 saturated heterocycles. The van der Waals surface area contributed by atoms with Crippen molar-refractivity contribution in [1.82, 2.24) is 0 Å². The third-order valence-corrected chi connectivity index (χ3v) is 5.01. The highest BCUT2D eigenvalue weighted by atomic mass is 79.9. The number of ketones is 1. The third kappa shape index (κ3) is 3.28. The van der Waals surface area contributed by atoms with Crippen molar-refractivity contribution < 1.29 is 9.90 Å². The molecule has 1 atom stereocenters. The maximum absolute atomic E-state index is 12.7. The standard InChI is InChI=1S/C22H16BrN3O2/c23-18-11-13-19(14-12-18)26-22(28,17-9-5-2-6-10-17)21(24-25-26)15-20(27)16-7-3-1-4-8-16/h1-15,28H/b21-15-. The predicted molar refractivity (Wildman–Crippen MR) is 111 cm³/mol. The summed E-state index contributed by atoms with van der Waals surface area (Å²) in [6.45, 7) is 0. The maximum Gasteiger partial charge on any atom is 0.232 e. The van der Waals surface area contributed by atoms with Crippen LogP contribution in [0, 0.1) is 0 Å². The molecule has 0 bridgehead atoms. The first-order valence-electron chi connectivity index (χ1n) is 8.66. The molecule has 28 heavy (non-hydrogen) atoms. The average molecular weight is 434 g/mol. The van der Waals surface area contributed by atoms with E-state index in [1.165, 1.54) is 11.1 Å². The molecular weight excluding hydrogens is 418 g/mol. The summed E-state index contributed by atoms with van der Waals surface area (Å²) in [6.07, 6.45) is 1.34. The number of allylic oxidation sites excluding steroid dienone is 1. The number of hydrogen-bond acceptors (Lipinski definition) is 5. The van der Waals surface area contributed by atoms with Crippen LogP contribution in [0.5, 0.6) is 0 Å². The lowest BCUT2D eigenvalue weighted by Gasteiger charge is -2.32. The fourth-order valence-corrected chi connectivity index (χ4v) is 3.30. The van der Waals surface area contributed by atoms with Crippen LogP contribution in [-0.2, 0) is 5.72 Å². The van der Waals surface area contributed by atoms with Gasteiger partial charge in [-0.2, -0.15) is 0 Å². The lowest BCUT2D eigenvalue weighted by atomic mass is 9.96. The largest absolute Gasteiger partial charge is 0.360 e. The first-order valence-corrected chi connectivity index (χ1v) is 9.45. The molecule has 138 valence electrons. The summed E-state index contributed by atoms with van der Waals surface area (Å²) in [5.41, 5.74) is 0.196. The molecule has 0 amide bonds. The Bertz CT molecular complexity index is 1050. The first kappa shape index (κ1) is 18.3. The van der Waals surface area contributed by atoms with Crippen molar-refractivity contribution in [2.24, 2.45) is 10.3 Å². The quantitative estimate of drug-likeness (QED) is 0.451. The Morgan fingerprint density at radius 2 is 1.54 bits per heavy atom. The molecule has 0 aliphatic carbocycles. The van der Waals surface area contributed by atoms with E-state index >= 15 is 0 Å². The van der Waals surface area contributed by atoms with Gasteiger partial charge < -0.3 is 5.11 Å². The number of carbonyl (C=O) groups is 1. The van der Waals surface area contributed by atoms with Gasteiger partial charge in [-0.05, 0) is 24.3 Å². The van der Waals surface area contributed by atoms with Crippen molar-refractivity contribution in [2.75, 3.05) is 5.01 Å². The Kier molecular flexibility index (Phi) is 4.90. The third-order valence-electron chi connectivity index (χ3n) is 4.48. The molecule has 4 rings (SSSR count). The normalized spacial score (nSPS) is 19.9. The van der Waals surface area contributed by atoms with Crippen molar-refractivity contribution in [2.45, 2.75) is 5.72 Å². The van der Waals surface area contributed by atoms with Gasteiger partial charge >= 0.3 is 0 Å². The molecule has 0 aromatic heterocycles. The number of carbonyl (C=O) groups excluding carboxylic acids is 1. The van der Waals surface area contributed by atoms with Gasteiger partial charge in [-0.3, -0.25) is 4.79 Å². The fourth-order valence-electron chi connectivity index (χ4n) is 3.04. The van der Waals surface area contributed by atoms with Crippen LogP contribution in [0.15, 0.2) is 112 Å². The topological polar surface area (TPSA) is 65.3 Å². The van der Waals surface area contributed by atoms with E-state index in [1.807, 2.05) is 48.5 Å². The Labute approximate surface area is 170 Å². The van der Waals surface area contributed by atoms with E-state index in [4.69, 9.17) is 0 Å². The van der Waals surface area contributed by atoms with Gasteiger partial charge in [0.05, 0.1) is 5.69 Å². The van der Waals surface area contributed by atoms with E-state index in [-0.39, 0.29) is 11.5 Å². The van der Waals surface area contributed by atoms with Gasteiger partial charge in [0.1, 0.15) is 5.70 Å². The van der Waals surface area contributed by atoms with Crippen LogP contribution < -0.4 is 5.01 Å². The molecule has 0 spiro atoms. The molecule has 3 aromatic rings. The number of hydrogen-bond donors (Lipinski definition) is 1. The Balaban J connectivity index is 1.80. The number of anilines is 1. The zero-order valence-corrected chi connectivity index (χ0v) is 16.3. The van der Waals surface area contributed by atoms with Gasteiger partial charge in [-0.1, -0.05) is 81.8 Å². The lowest BCUT2D eigenvalue weighted by Crippen LogP contribution is -2.41. The first-order chi connectivity index (χ1) is 13.6. The lowest BCUT2D eigenvalue weighted by molar-refractivity contribution is 0.0809. The second kappa shape index (κ2) is 7.50. The molecule has 1 aliphatic rings. The molecule has 6 heteroatoms. The summed E-state index contributed by atoms with van der Waals surface area (Å²) in [4.78, 5) is 12.7. The Morgan fingerprint density at radius 3 is 2.18 bits per heavy atom. The molecule has 1 aliphatic heterocycles. The molecular formula is C22H16BrN3O2. The highest BCUT2D eigenvalue weighted by Gasteiger charge is 2.46. The van der Waals surface area contributed by atoms with Crippen LogP contribution in [0.4, 0.5) is 5.69 Å². The van der Waals surface area contributed by atoms with E-state index in [1.54, 1.807) is 36.4 Å². The van der Waals surface area contributed by atoms with Gasteiger partial charge in [0.2, 0.25) is 5.72 Å². The minimum Gasteiger partial charge on any atom is -0.360 e. The van der Waals surface area contributed by atoms with Crippen molar-refractivity contribution >= 4 is 27.4 Å². The van der Waals surface area contributed by atoms with E-state index in [9.17, 15) is 9.90 Å². The monoisotopic (exact) mass is 433 g/mol. The molecule has 3 aromatic carbocycles. The van der Waals surface area contributed by atoms with E-state index in [2.05, 4.69) is 26.3 Å². The molecule has 1 N–H and O–H groups in total. The summed E-state index contributed by atoms with van der Waals surface area (Å²) >= 11 is 3.41. The van der Waals surface area contributed by atoms with Crippen molar-refractivity contribution in [3.8, 4) is 0 Å². The van der Waals surface area contributed by atoms with Crippen molar-refractivity contribution in [1.29, 1.82) is 0 Å². The predicted octanol–water partition coefficient (Wildman–Crippen LogP) is 5.25. The number of rotatable bonds is 4. The van der Waals surface area contributed by atoms with Crippen molar-refractivity contribution in [3.05, 3.63) is 112 Å². The minimum absolute atomic E-state index is 0.162. The molecule has 1 heterocycles. The maximum atomic E-state index is 12.7. The Hall–Kier alpha value is -3.09. The molecule has 1 unspecified atom stereocenters. The second-order valence-electron chi connectivity index (χ2n) is 6.28. The zero-order chi connectivity index (χ0) is 19.6. The van der Waals surface area contributed by atoms with Gasteiger partial charge in [-0.25, -0.2) is 5.01 Å². The Morgan fingerprint density at radius 1 is 0.929 bits per heavy atom. The molecule has 5 nitrogen and oxygen atoms in total. The van der Waals surface area contributed by atoms with E-state index in [0.717, 1.165) is 4.47 Å². The van der Waals surface area contributed by atoms with Crippen LogP contribution in [-0.4, -0.2) is 10.9 Å². The summed E-state index contributed by atoms with van der Waals surface area (Å²) in [7, 11) is 0. The summed E-state index contributed by atoms with van der Waals surface area (Å²) in [6, 6.07) is 25.3. The van der Waals surface area contributed by atoms with Crippen LogP contribution in [0.2, 0.25) is 0 Å². The number of aliphatic hydroxyl groups is 1. The molecule has 0 radical (unpaired) electrons. The highest BCUT2D eigenvalue weighted by Crippen LogP contribution is 2.42.